The normalized spacial score (nSPS) is 23.9. The van der Waals surface area contributed by atoms with Crippen LogP contribution in [0, 0.1) is 5.92 Å². The molecule has 0 radical (unpaired) electrons. The molecule has 0 N–H and O–H groups in total. The summed E-state index contributed by atoms with van der Waals surface area (Å²) in [7, 11) is 0. The topological polar surface area (TPSA) is 49.9 Å². The van der Waals surface area contributed by atoms with Crippen molar-refractivity contribution >= 4 is 23.2 Å². The number of amides is 2. The molecule has 0 bridgehead atoms. The maximum Gasteiger partial charge on any atom is 0.266 e. The maximum atomic E-state index is 13.4. The summed E-state index contributed by atoms with van der Waals surface area (Å²) in [6.07, 6.45) is -0.835. The molecular weight excluding hydrogens is 352 g/mol. The van der Waals surface area contributed by atoms with Gasteiger partial charge in [-0.25, -0.2) is 9.96 Å². The second-order valence-corrected chi connectivity index (χ2v) is 6.92. The quantitative estimate of drug-likeness (QED) is 0.659. The summed E-state index contributed by atoms with van der Waals surface area (Å²) in [6, 6.07) is 28.0. The second kappa shape index (κ2) is 6.62. The van der Waals surface area contributed by atoms with Crippen molar-refractivity contribution in [2.75, 3.05) is 9.96 Å². The highest BCUT2D eigenvalue weighted by Crippen LogP contribution is 2.47. The molecule has 0 spiro atoms. The Bertz CT molecular complexity index is 1010. The minimum Gasteiger partial charge on any atom is -0.273 e. The highest BCUT2D eigenvalue weighted by Gasteiger charge is 2.60. The average molecular weight is 370 g/mol. The van der Waals surface area contributed by atoms with Gasteiger partial charge in [0, 0.05) is 0 Å². The van der Waals surface area contributed by atoms with E-state index in [4.69, 9.17) is 4.84 Å². The first-order valence-electron chi connectivity index (χ1n) is 9.24. The predicted octanol–water partition coefficient (Wildman–Crippen LogP) is 3.74. The summed E-state index contributed by atoms with van der Waals surface area (Å²) < 4.78 is 0. The SMILES string of the molecule is O=C1[C@@H]2[C@@H](c3ccccc3)N(c3ccccc3)O[C@H]2C(=O)N1c1ccccc1. The lowest BCUT2D eigenvalue weighted by Crippen LogP contribution is -2.37. The van der Waals surface area contributed by atoms with Crippen LogP contribution < -0.4 is 9.96 Å². The van der Waals surface area contributed by atoms with Crippen LogP contribution in [-0.2, 0) is 14.4 Å². The van der Waals surface area contributed by atoms with Crippen LogP contribution in [0.3, 0.4) is 0 Å². The lowest BCUT2D eigenvalue weighted by Gasteiger charge is -2.28. The molecule has 0 aliphatic carbocycles. The van der Waals surface area contributed by atoms with Gasteiger partial charge in [-0.1, -0.05) is 66.7 Å². The Morgan fingerprint density at radius 3 is 1.79 bits per heavy atom. The molecule has 28 heavy (non-hydrogen) atoms. The molecule has 0 unspecified atom stereocenters. The lowest BCUT2D eigenvalue weighted by molar-refractivity contribution is -0.126. The van der Waals surface area contributed by atoms with Gasteiger partial charge < -0.3 is 0 Å². The first-order chi connectivity index (χ1) is 13.8. The Morgan fingerprint density at radius 1 is 0.643 bits per heavy atom. The van der Waals surface area contributed by atoms with E-state index in [1.54, 1.807) is 17.2 Å². The molecule has 2 fully saturated rings. The number of benzene rings is 3. The average Bonchev–Trinajstić information content (AvgIpc) is 3.26. The van der Waals surface area contributed by atoms with Crippen LogP contribution in [0.1, 0.15) is 11.6 Å². The number of carbonyl (C=O) groups excluding carboxylic acids is 2. The minimum atomic E-state index is -0.835. The van der Waals surface area contributed by atoms with Gasteiger partial charge in [-0.15, -0.1) is 0 Å². The fraction of sp³-hybridized carbons (Fsp3) is 0.130. The maximum absolute atomic E-state index is 13.4. The van der Waals surface area contributed by atoms with E-state index in [9.17, 15) is 9.59 Å². The largest absolute Gasteiger partial charge is 0.273 e. The van der Waals surface area contributed by atoms with Gasteiger partial charge in [0.2, 0.25) is 5.91 Å². The van der Waals surface area contributed by atoms with Gasteiger partial charge >= 0.3 is 0 Å². The smallest absolute Gasteiger partial charge is 0.266 e. The molecule has 5 nitrogen and oxygen atoms in total. The van der Waals surface area contributed by atoms with Crippen LogP contribution in [0.15, 0.2) is 91.0 Å². The number of nitrogens with zero attached hydrogens (tertiary/aromatic N) is 2. The van der Waals surface area contributed by atoms with E-state index in [-0.39, 0.29) is 17.9 Å². The van der Waals surface area contributed by atoms with Gasteiger partial charge in [0.05, 0.1) is 17.4 Å². The fourth-order valence-corrected chi connectivity index (χ4v) is 4.03. The van der Waals surface area contributed by atoms with Crippen molar-refractivity contribution in [1.29, 1.82) is 0 Å². The molecule has 3 atom stereocenters. The molecule has 138 valence electrons. The molecule has 2 aliphatic heterocycles. The zero-order chi connectivity index (χ0) is 19.1. The highest BCUT2D eigenvalue weighted by molar-refractivity contribution is 6.23. The second-order valence-electron chi connectivity index (χ2n) is 6.92. The zero-order valence-electron chi connectivity index (χ0n) is 15.0. The molecule has 0 saturated carbocycles. The Kier molecular flexibility index (Phi) is 3.95. The molecule has 2 aliphatic rings. The van der Waals surface area contributed by atoms with Gasteiger partial charge in [-0.2, -0.15) is 0 Å². The van der Waals surface area contributed by atoms with Gasteiger partial charge in [0.15, 0.2) is 6.10 Å². The zero-order valence-corrected chi connectivity index (χ0v) is 15.0. The first kappa shape index (κ1) is 16.7. The van der Waals surface area contributed by atoms with Crippen molar-refractivity contribution in [1.82, 2.24) is 0 Å². The number of rotatable bonds is 3. The Labute approximate surface area is 162 Å². The van der Waals surface area contributed by atoms with E-state index in [0.717, 1.165) is 11.3 Å². The number of carbonyl (C=O) groups is 2. The predicted molar refractivity (Wildman–Crippen MR) is 105 cm³/mol. The van der Waals surface area contributed by atoms with Crippen LogP contribution in [0.2, 0.25) is 0 Å². The van der Waals surface area contributed by atoms with E-state index in [1.807, 2.05) is 78.9 Å². The van der Waals surface area contributed by atoms with Gasteiger partial charge in [-0.3, -0.25) is 14.4 Å². The van der Waals surface area contributed by atoms with E-state index in [1.165, 1.54) is 4.90 Å². The molecule has 2 heterocycles. The minimum absolute atomic E-state index is 0.228. The van der Waals surface area contributed by atoms with Gasteiger partial charge in [0.25, 0.3) is 5.91 Å². The first-order valence-corrected chi connectivity index (χ1v) is 9.24. The van der Waals surface area contributed by atoms with E-state index >= 15 is 0 Å². The molecule has 3 aromatic carbocycles. The summed E-state index contributed by atoms with van der Waals surface area (Å²) in [5, 5.41) is 1.71. The van der Waals surface area contributed by atoms with Crippen molar-refractivity contribution in [3.8, 4) is 0 Å². The third-order valence-electron chi connectivity index (χ3n) is 5.28. The van der Waals surface area contributed by atoms with Crippen LogP contribution in [0.25, 0.3) is 0 Å². The third-order valence-corrected chi connectivity index (χ3v) is 5.28. The summed E-state index contributed by atoms with van der Waals surface area (Å²) in [5.74, 6) is -1.15. The van der Waals surface area contributed by atoms with Crippen molar-refractivity contribution < 1.29 is 14.4 Å². The Balaban J connectivity index is 1.59. The number of hydrogen-bond donors (Lipinski definition) is 0. The molecule has 0 aromatic heterocycles. The number of imide groups is 1. The summed E-state index contributed by atoms with van der Waals surface area (Å²) >= 11 is 0. The van der Waals surface area contributed by atoms with Crippen molar-refractivity contribution in [3.05, 3.63) is 96.6 Å². The number of fused-ring (bicyclic) bond motifs is 1. The monoisotopic (exact) mass is 370 g/mol. The molecule has 2 saturated heterocycles. The van der Waals surface area contributed by atoms with Crippen LogP contribution >= 0.6 is 0 Å². The summed E-state index contributed by atoms with van der Waals surface area (Å²) in [4.78, 5) is 33.8. The molecule has 2 amide bonds. The van der Waals surface area contributed by atoms with Crippen LogP contribution in [-0.4, -0.2) is 17.9 Å². The summed E-state index contributed by atoms with van der Waals surface area (Å²) in [5.41, 5.74) is 2.33. The number of hydrogen-bond acceptors (Lipinski definition) is 4. The molecule has 3 aromatic rings. The van der Waals surface area contributed by atoms with E-state index < -0.39 is 12.0 Å². The third kappa shape index (κ3) is 2.52. The van der Waals surface area contributed by atoms with Gasteiger partial charge in [-0.05, 0) is 29.8 Å². The summed E-state index contributed by atoms with van der Waals surface area (Å²) in [6.45, 7) is 0. The van der Waals surface area contributed by atoms with Gasteiger partial charge in [0.1, 0.15) is 5.92 Å². The van der Waals surface area contributed by atoms with E-state index in [2.05, 4.69) is 0 Å². The van der Waals surface area contributed by atoms with Crippen molar-refractivity contribution in [3.63, 3.8) is 0 Å². The standard InChI is InChI=1S/C23H18N2O3/c26-22-19-20(16-10-4-1-5-11-16)25(18-14-8-3-9-15-18)28-21(19)23(27)24(22)17-12-6-2-7-13-17/h1-15,19-21H/t19-,20-,21-/m1/s1. The molecule has 5 rings (SSSR count). The number of hydroxylamine groups is 1. The van der Waals surface area contributed by atoms with Crippen molar-refractivity contribution in [2.45, 2.75) is 12.1 Å². The molecular formula is C23H18N2O3. The fourth-order valence-electron chi connectivity index (χ4n) is 4.03. The van der Waals surface area contributed by atoms with Crippen LogP contribution in [0.5, 0.6) is 0 Å². The highest BCUT2D eigenvalue weighted by atomic mass is 16.7. The number of anilines is 2. The van der Waals surface area contributed by atoms with Crippen molar-refractivity contribution in [2.24, 2.45) is 5.92 Å². The van der Waals surface area contributed by atoms with E-state index in [0.29, 0.717) is 5.69 Å². The Morgan fingerprint density at radius 2 is 1.18 bits per heavy atom. The molecule has 5 heteroatoms. The Hall–Kier alpha value is -3.44. The lowest BCUT2D eigenvalue weighted by atomic mass is 9.90. The number of para-hydroxylation sites is 2. The van der Waals surface area contributed by atoms with Crippen LogP contribution in [0.4, 0.5) is 11.4 Å².